The topological polar surface area (TPSA) is 117 Å². The van der Waals surface area contributed by atoms with Crippen LogP contribution in [0.2, 0.25) is 0 Å². The lowest BCUT2D eigenvalue weighted by atomic mass is 10.1. The van der Waals surface area contributed by atoms with Gasteiger partial charge in [-0.25, -0.2) is 9.59 Å². The average Bonchev–Trinajstić information content (AvgIpc) is 2.92. The number of aromatic nitrogens is 2. The molecular weight excluding hydrogens is 300 g/mol. The van der Waals surface area contributed by atoms with Crippen molar-refractivity contribution in [2.75, 3.05) is 0 Å². The lowest BCUT2D eigenvalue weighted by molar-refractivity contribution is 0.0697. The standard InChI is InChI=1S/C15H18N4O4/c1-9-17-13(23-19-9)15(2,3)18-14(22)16-8-10-4-6-11(7-5-10)12(20)21/h4-7H,8H2,1-3H3,(H,20,21)(H2,16,18,22). The molecule has 0 radical (unpaired) electrons. The van der Waals surface area contributed by atoms with Crippen LogP contribution >= 0.6 is 0 Å². The van der Waals surface area contributed by atoms with Crippen LogP contribution in [-0.4, -0.2) is 27.2 Å². The van der Waals surface area contributed by atoms with E-state index < -0.39 is 17.5 Å². The van der Waals surface area contributed by atoms with Crippen molar-refractivity contribution in [3.8, 4) is 0 Å². The zero-order valence-corrected chi connectivity index (χ0v) is 13.1. The van der Waals surface area contributed by atoms with Gasteiger partial charge in [0.15, 0.2) is 5.82 Å². The van der Waals surface area contributed by atoms with Crippen LogP contribution in [0.15, 0.2) is 28.8 Å². The maximum atomic E-state index is 12.0. The van der Waals surface area contributed by atoms with Gasteiger partial charge in [-0.05, 0) is 38.5 Å². The first-order valence-electron chi connectivity index (χ1n) is 6.97. The number of carboxylic acid groups (broad SMARTS) is 1. The molecule has 1 heterocycles. The van der Waals surface area contributed by atoms with Gasteiger partial charge in [-0.3, -0.25) is 0 Å². The monoisotopic (exact) mass is 318 g/mol. The van der Waals surface area contributed by atoms with Gasteiger partial charge in [0.2, 0.25) is 0 Å². The number of nitrogens with zero attached hydrogens (tertiary/aromatic N) is 2. The Morgan fingerprint density at radius 3 is 2.43 bits per heavy atom. The van der Waals surface area contributed by atoms with Gasteiger partial charge in [-0.1, -0.05) is 17.3 Å². The Morgan fingerprint density at radius 2 is 1.91 bits per heavy atom. The van der Waals surface area contributed by atoms with Crippen molar-refractivity contribution in [2.45, 2.75) is 32.9 Å². The molecule has 8 heteroatoms. The molecule has 0 unspecified atom stereocenters. The molecule has 0 spiro atoms. The van der Waals surface area contributed by atoms with E-state index in [0.717, 1.165) is 5.56 Å². The van der Waals surface area contributed by atoms with Gasteiger partial charge in [0.1, 0.15) is 5.54 Å². The van der Waals surface area contributed by atoms with Gasteiger partial charge in [0.05, 0.1) is 5.56 Å². The fourth-order valence-electron chi connectivity index (χ4n) is 1.88. The molecule has 0 saturated carbocycles. The van der Waals surface area contributed by atoms with Gasteiger partial charge < -0.3 is 20.3 Å². The average molecular weight is 318 g/mol. The normalized spacial score (nSPS) is 11.1. The smallest absolute Gasteiger partial charge is 0.335 e. The van der Waals surface area contributed by atoms with Crippen molar-refractivity contribution < 1.29 is 19.2 Å². The first-order valence-corrected chi connectivity index (χ1v) is 6.97. The van der Waals surface area contributed by atoms with Crippen LogP contribution in [0.5, 0.6) is 0 Å². The minimum absolute atomic E-state index is 0.200. The van der Waals surface area contributed by atoms with Crippen LogP contribution in [0, 0.1) is 6.92 Å². The molecule has 3 N–H and O–H groups in total. The van der Waals surface area contributed by atoms with E-state index in [0.29, 0.717) is 11.7 Å². The van der Waals surface area contributed by atoms with Crippen molar-refractivity contribution in [1.82, 2.24) is 20.8 Å². The van der Waals surface area contributed by atoms with Crippen LogP contribution in [0.1, 0.15) is 41.5 Å². The number of hydrogen-bond donors (Lipinski definition) is 3. The Kier molecular flexibility index (Phi) is 4.63. The minimum Gasteiger partial charge on any atom is -0.478 e. The molecule has 0 fully saturated rings. The minimum atomic E-state index is -0.987. The molecule has 0 atom stereocenters. The molecule has 122 valence electrons. The molecular formula is C15H18N4O4. The van der Waals surface area contributed by atoms with Gasteiger partial charge >= 0.3 is 12.0 Å². The fourth-order valence-corrected chi connectivity index (χ4v) is 1.88. The number of aryl methyl sites for hydroxylation is 1. The number of amides is 2. The predicted molar refractivity (Wildman–Crippen MR) is 80.8 cm³/mol. The molecule has 1 aromatic carbocycles. The lowest BCUT2D eigenvalue weighted by Gasteiger charge is -2.22. The molecule has 1 aromatic heterocycles. The second-order valence-corrected chi connectivity index (χ2v) is 5.58. The second kappa shape index (κ2) is 6.47. The van der Waals surface area contributed by atoms with E-state index in [1.165, 1.54) is 12.1 Å². The quantitative estimate of drug-likeness (QED) is 0.774. The summed E-state index contributed by atoms with van der Waals surface area (Å²) in [5.41, 5.74) is 0.182. The fraction of sp³-hybridized carbons (Fsp3) is 0.333. The summed E-state index contributed by atoms with van der Waals surface area (Å²) >= 11 is 0. The number of carboxylic acids is 1. The molecule has 0 aliphatic carbocycles. The zero-order valence-electron chi connectivity index (χ0n) is 13.1. The highest BCUT2D eigenvalue weighted by Crippen LogP contribution is 2.17. The highest BCUT2D eigenvalue weighted by atomic mass is 16.5. The van der Waals surface area contributed by atoms with Gasteiger partial charge in [-0.2, -0.15) is 4.98 Å². The highest BCUT2D eigenvalue weighted by Gasteiger charge is 2.29. The number of nitrogens with one attached hydrogen (secondary N) is 2. The SMILES string of the molecule is Cc1noc(C(C)(C)NC(=O)NCc2ccc(C(=O)O)cc2)n1. The van der Waals surface area contributed by atoms with Gasteiger partial charge in [0, 0.05) is 6.54 Å². The summed E-state index contributed by atoms with van der Waals surface area (Å²) in [4.78, 5) is 26.9. The molecule has 2 aromatic rings. The molecule has 0 bridgehead atoms. The summed E-state index contributed by atoms with van der Waals surface area (Å²) in [5, 5.41) is 18.0. The van der Waals surface area contributed by atoms with Crippen molar-refractivity contribution in [1.29, 1.82) is 0 Å². The maximum absolute atomic E-state index is 12.0. The molecule has 0 saturated heterocycles. The molecule has 8 nitrogen and oxygen atoms in total. The molecule has 23 heavy (non-hydrogen) atoms. The third-order valence-electron chi connectivity index (χ3n) is 3.14. The summed E-state index contributed by atoms with van der Waals surface area (Å²) in [6, 6.07) is 5.88. The predicted octanol–water partition coefficient (Wildman–Crippen LogP) is 1.81. The Bertz CT molecular complexity index is 707. The Hall–Kier alpha value is -2.90. The van der Waals surface area contributed by atoms with E-state index in [9.17, 15) is 9.59 Å². The summed E-state index contributed by atoms with van der Waals surface area (Å²) in [5.74, 6) is -0.177. The zero-order chi connectivity index (χ0) is 17.0. The second-order valence-electron chi connectivity index (χ2n) is 5.58. The Morgan fingerprint density at radius 1 is 1.26 bits per heavy atom. The molecule has 2 amide bonds. The van der Waals surface area contributed by atoms with E-state index in [4.69, 9.17) is 9.63 Å². The van der Waals surface area contributed by atoms with Crippen LogP contribution in [0.3, 0.4) is 0 Å². The number of aromatic carboxylic acids is 1. The van der Waals surface area contributed by atoms with Crippen molar-refractivity contribution in [3.05, 3.63) is 47.1 Å². The van der Waals surface area contributed by atoms with Gasteiger partial charge in [-0.15, -0.1) is 0 Å². The number of hydrogen-bond acceptors (Lipinski definition) is 5. The molecule has 0 aliphatic rings. The third-order valence-corrected chi connectivity index (χ3v) is 3.14. The van der Waals surface area contributed by atoms with E-state index >= 15 is 0 Å². The number of benzene rings is 1. The number of carbonyl (C=O) groups is 2. The van der Waals surface area contributed by atoms with Crippen molar-refractivity contribution >= 4 is 12.0 Å². The van der Waals surface area contributed by atoms with E-state index in [1.54, 1.807) is 32.9 Å². The summed E-state index contributed by atoms with van der Waals surface area (Å²) in [7, 11) is 0. The van der Waals surface area contributed by atoms with E-state index in [2.05, 4.69) is 20.8 Å². The summed E-state index contributed by atoms with van der Waals surface area (Å²) in [6.45, 7) is 5.47. The van der Waals surface area contributed by atoms with Gasteiger partial charge in [0.25, 0.3) is 5.89 Å². The maximum Gasteiger partial charge on any atom is 0.335 e. The van der Waals surface area contributed by atoms with Crippen LogP contribution < -0.4 is 10.6 Å². The van der Waals surface area contributed by atoms with Crippen LogP contribution in [-0.2, 0) is 12.1 Å². The van der Waals surface area contributed by atoms with E-state index in [-0.39, 0.29) is 12.1 Å². The highest BCUT2D eigenvalue weighted by molar-refractivity contribution is 5.87. The summed E-state index contributed by atoms with van der Waals surface area (Å²) < 4.78 is 5.07. The number of carbonyl (C=O) groups excluding carboxylic acids is 1. The van der Waals surface area contributed by atoms with E-state index in [1.807, 2.05) is 0 Å². The van der Waals surface area contributed by atoms with Crippen molar-refractivity contribution in [3.63, 3.8) is 0 Å². The third kappa shape index (κ3) is 4.29. The lowest BCUT2D eigenvalue weighted by Crippen LogP contribution is -2.46. The van der Waals surface area contributed by atoms with Crippen molar-refractivity contribution in [2.24, 2.45) is 0 Å². The molecule has 2 rings (SSSR count). The Balaban J connectivity index is 1.90. The first kappa shape index (κ1) is 16.5. The molecule has 0 aliphatic heterocycles. The Labute approximate surface area is 132 Å². The number of rotatable bonds is 5. The largest absolute Gasteiger partial charge is 0.478 e. The first-order chi connectivity index (χ1) is 10.8. The van der Waals surface area contributed by atoms with Crippen LogP contribution in [0.25, 0.3) is 0 Å². The number of urea groups is 1. The van der Waals surface area contributed by atoms with Crippen LogP contribution in [0.4, 0.5) is 4.79 Å². The summed E-state index contributed by atoms with van der Waals surface area (Å²) in [6.07, 6.45) is 0.